The van der Waals surface area contributed by atoms with Gasteiger partial charge in [-0.15, -0.1) is 0 Å². The number of pyridine rings is 1. The van der Waals surface area contributed by atoms with Gasteiger partial charge in [0.05, 0.1) is 0 Å². The Kier molecular flexibility index (Phi) is 2.73. The second-order valence-corrected chi connectivity index (χ2v) is 3.54. The summed E-state index contributed by atoms with van der Waals surface area (Å²) in [5, 5.41) is 0. The molecule has 15 heavy (non-hydrogen) atoms. The Balaban J connectivity index is 2.33. The molecule has 0 radical (unpaired) electrons. The summed E-state index contributed by atoms with van der Waals surface area (Å²) in [5.41, 5.74) is 1.49. The van der Waals surface area contributed by atoms with Gasteiger partial charge in [0, 0.05) is 30.6 Å². The highest BCUT2D eigenvalue weighted by Gasteiger charge is 2.00. The van der Waals surface area contributed by atoms with Gasteiger partial charge in [0.1, 0.15) is 0 Å². The van der Waals surface area contributed by atoms with Gasteiger partial charge in [0.15, 0.2) is 4.77 Å². The van der Waals surface area contributed by atoms with Crippen molar-refractivity contribution in [2.24, 2.45) is 0 Å². The van der Waals surface area contributed by atoms with Crippen molar-refractivity contribution in [2.75, 3.05) is 0 Å². The highest BCUT2D eigenvalue weighted by Crippen LogP contribution is 2.01. The van der Waals surface area contributed by atoms with Crippen LogP contribution in [0.4, 0.5) is 0 Å². The highest BCUT2D eigenvalue weighted by molar-refractivity contribution is 7.71. The van der Waals surface area contributed by atoms with Gasteiger partial charge >= 0.3 is 0 Å². The van der Waals surface area contributed by atoms with Gasteiger partial charge in [-0.25, -0.2) is 0 Å². The molecule has 0 spiro atoms. The van der Waals surface area contributed by atoms with E-state index >= 15 is 0 Å². The fourth-order valence-electron chi connectivity index (χ4n) is 1.29. The zero-order valence-corrected chi connectivity index (χ0v) is 8.67. The molecule has 0 fully saturated rings. The fourth-order valence-corrected chi connectivity index (χ4v) is 1.44. The van der Waals surface area contributed by atoms with Gasteiger partial charge in [0.25, 0.3) is 5.56 Å². The maximum absolute atomic E-state index is 11.5. The number of nitrogens with zero attached hydrogens (tertiary/aromatic N) is 1. The molecule has 0 aliphatic heterocycles. The third-order valence-electron chi connectivity index (χ3n) is 2.01. The molecule has 0 saturated carbocycles. The summed E-state index contributed by atoms with van der Waals surface area (Å²) >= 11 is 4.80. The average Bonchev–Trinajstić information content (AvgIpc) is 2.24. The lowest BCUT2D eigenvalue weighted by molar-refractivity contribution is 1.00. The van der Waals surface area contributed by atoms with Crippen molar-refractivity contribution in [3.05, 3.63) is 57.0 Å². The van der Waals surface area contributed by atoms with Crippen molar-refractivity contribution in [1.29, 1.82) is 0 Å². The number of aromatic amines is 2. The summed E-state index contributed by atoms with van der Waals surface area (Å²) in [6, 6.07) is 3.77. The zero-order valence-electron chi connectivity index (χ0n) is 7.86. The smallest absolute Gasteiger partial charge is 0.255 e. The minimum absolute atomic E-state index is 0.150. The second-order valence-electron chi connectivity index (χ2n) is 3.14. The fraction of sp³-hybridized carbons (Fsp3) is 0.100. The Morgan fingerprint density at radius 2 is 2.33 bits per heavy atom. The molecule has 0 unspecified atom stereocenters. The third-order valence-corrected chi connectivity index (χ3v) is 2.23. The Labute approximate surface area is 91.0 Å². The van der Waals surface area contributed by atoms with Crippen molar-refractivity contribution in [3.8, 4) is 0 Å². The van der Waals surface area contributed by atoms with E-state index in [2.05, 4.69) is 15.0 Å². The number of H-pyrrole nitrogens is 2. The normalized spacial score (nSPS) is 10.1. The molecule has 2 aromatic heterocycles. The van der Waals surface area contributed by atoms with E-state index in [1.165, 1.54) is 0 Å². The second kappa shape index (κ2) is 4.18. The quantitative estimate of drug-likeness (QED) is 0.751. The zero-order chi connectivity index (χ0) is 10.7. The lowest BCUT2D eigenvalue weighted by Crippen LogP contribution is -2.13. The molecule has 0 aliphatic rings. The van der Waals surface area contributed by atoms with Crippen LogP contribution in [0.5, 0.6) is 0 Å². The predicted molar refractivity (Wildman–Crippen MR) is 59.3 cm³/mol. The van der Waals surface area contributed by atoms with E-state index in [-0.39, 0.29) is 5.56 Å². The van der Waals surface area contributed by atoms with Crippen LogP contribution < -0.4 is 5.56 Å². The number of rotatable bonds is 2. The van der Waals surface area contributed by atoms with Gasteiger partial charge < -0.3 is 4.98 Å². The molecule has 0 aromatic carbocycles. The molecule has 0 saturated heterocycles. The molecule has 0 aliphatic carbocycles. The topological polar surface area (TPSA) is 61.5 Å². The summed E-state index contributed by atoms with van der Waals surface area (Å²) in [6.45, 7) is 0. The molecule has 0 atom stereocenters. The van der Waals surface area contributed by atoms with Crippen molar-refractivity contribution in [2.45, 2.75) is 6.42 Å². The van der Waals surface area contributed by atoms with Crippen LogP contribution in [0.1, 0.15) is 11.1 Å². The minimum Gasteiger partial charge on any atom is -0.338 e. The summed E-state index contributed by atoms with van der Waals surface area (Å²) < 4.78 is 0.343. The summed E-state index contributed by atoms with van der Waals surface area (Å²) in [7, 11) is 0. The summed E-state index contributed by atoms with van der Waals surface area (Å²) in [6.07, 6.45) is 5.62. The van der Waals surface area contributed by atoms with E-state index in [1.807, 2.05) is 12.1 Å². The van der Waals surface area contributed by atoms with Gasteiger partial charge in [-0.05, 0) is 23.8 Å². The molecule has 2 N–H and O–H groups in total. The van der Waals surface area contributed by atoms with Gasteiger partial charge in [0.2, 0.25) is 0 Å². The van der Waals surface area contributed by atoms with Crippen molar-refractivity contribution in [3.63, 3.8) is 0 Å². The van der Waals surface area contributed by atoms with Crippen LogP contribution in [0.3, 0.4) is 0 Å². The van der Waals surface area contributed by atoms with Gasteiger partial charge in [-0.2, -0.15) is 0 Å². The first kappa shape index (κ1) is 9.79. The van der Waals surface area contributed by atoms with Crippen LogP contribution in [-0.4, -0.2) is 15.0 Å². The summed E-state index contributed by atoms with van der Waals surface area (Å²) in [4.78, 5) is 20.8. The molecule has 2 aromatic rings. The number of hydrogen-bond acceptors (Lipinski definition) is 3. The van der Waals surface area contributed by atoms with E-state index in [1.54, 1.807) is 18.6 Å². The van der Waals surface area contributed by atoms with Crippen molar-refractivity contribution >= 4 is 12.2 Å². The predicted octanol–water partition coefficient (Wildman–Crippen LogP) is 1.42. The van der Waals surface area contributed by atoms with E-state index in [0.29, 0.717) is 16.8 Å². The van der Waals surface area contributed by atoms with Crippen LogP contribution in [0.25, 0.3) is 0 Å². The van der Waals surface area contributed by atoms with E-state index in [4.69, 9.17) is 12.2 Å². The first-order valence-electron chi connectivity index (χ1n) is 4.45. The molecular weight excluding hydrogens is 210 g/mol. The van der Waals surface area contributed by atoms with Gasteiger partial charge in [-0.3, -0.25) is 14.8 Å². The lowest BCUT2D eigenvalue weighted by atomic mass is 10.1. The number of aromatic nitrogens is 3. The maximum atomic E-state index is 11.5. The van der Waals surface area contributed by atoms with Crippen LogP contribution in [0.15, 0.2) is 35.5 Å². The molecule has 2 rings (SSSR count). The molecule has 0 amide bonds. The Morgan fingerprint density at radius 1 is 1.47 bits per heavy atom. The third kappa shape index (κ3) is 2.38. The first-order valence-corrected chi connectivity index (χ1v) is 4.86. The van der Waals surface area contributed by atoms with E-state index in [0.717, 1.165) is 5.56 Å². The molecule has 76 valence electrons. The largest absolute Gasteiger partial charge is 0.338 e. The van der Waals surface area contributed by atoms with Crippen molar-refractivity contribution in [1.82, 2.24) is 15.0 Å². The van der Waals surface area contributed by atoms with Gasteiger partial charge in [-0.1, -0.05) is 6.07 Å². The van der Waals surface area contributed by atoms with E-state index in [9.17, 15) is 4.79 Å². The number of hydrogen-bond donors (Lipinski definition) is 2. The van der Waals surface area contributed by atoms with Crippen LogP contribution in [0, 0.1) is 4.77 Å². The van der Waals surface area contributed by atoms with Crippen LogP contribution in [0.2, 0.25) is 0 Å². The highest BCUT2D eigenvalue weighted by atomic mass is 32.1. The van der Waals surface area contributed by atoms with Crippen LogP contribution >= 0.6 is 12.2 Å². The molecule has 0 bridgehead atoms. The Morgan fingerprint density at radius 3 is 3.00 bits per heavy atom. The summed E-state index contributed by atoms with van der Waals surface area (Å²) in [5.74, 6) is 0. The first-order chi connectivity index (χ1) is 7.25. The number of nitrogens with one attached hydrogen (secondary N) is 2. The minimum atomic E-state index is -0.150. The monoisotopic (exact) mass is 219 g/mol. The molecular formula is C10H9N3OS. The molecule has 5 heteroatoms. The van der Waals surface area contributed by atoms with Crippen LogP contribution in [-0.2, 0) is 6.42 Å². The maximum Gasteiger partial charge on any atom is 0.255 e. The van der Waals surface area contributed by atoms with E-state index < -0.39 is 0 Å². The molecule has 2 heterocycles. The lowest BCUT2D eigenvalue weighted by Gasteiger charge is -1.99. The SMILES string of the molecule is O=c1[nH]c(=S)[nH]cc1Cc1cccnc1. The van der Waals surface area contributed by atoms with Crippen molar-refractivity contribution < 1.29 is 0 Å². The Bertz CT molecular complexity index is 559. The Hall–Kier alpha value is -1.75. The molecule has 4 nitrogen and oxygen atoms in total. The average molecular weight is 219 g/mol. The standard InChI is InChI=1S/C10H9N3OS/c14-9-8(6-12-10(15)13-9)4-7-2-1-3-11-5-7/h1-3,5-6H,4H2,(H2,12,13,14,15).